The average molecular weight is 333 g/mol. The Morgan fingerprint density at radius 3 is 2.81 bits per heavy atom. The predicted molar refractivity (Wildman–Crippen MR) is 79.0 cm³/mol. The van der Waals surface area contributed by atoms with Crippen LogP contribution in [0.25, 0.3) is 0 Å². The van der Waals surface area contributed by atoms with Gasteiger partial charge in [0.2, 0.25) is 10.0 Å². The number of ether oxygens (including phenoxy) is 1. The van der Waals surface area contributed by atoms with E-state index in [1.165, 1.54) is 29.6 Å². The Hall–Kier alpha value is -1.15. The zero-order valence-corrected chi connectivity index (χ0v) is 13.4. The fourth-order valence-electron chi connectivity index (χ4n) is 2.24. The molecule has 1 heterocycles. The number of hydrogen-bond donors (Lipinski definition) is 1. The van der Waals surface area contributed by atoms with Crippen molar-refractivity contribution in [2.45, 2.75) is 17.9 Å². The van der Waals surface area contributed by atoms with Gasteiger partial charge in [-0.25, -0.2) is 13.2 Å². The Morgan fingerprint density at radius 2 is 2.19 bits per heavy atom. The highest BCUT2D eigenvalue weighted by Gasteiger charge is 2.32. The molecule has 1 aliphatic rings. The monoisotopic (exact) mass is 332 g/mol. The molecule has 116 valence electrons. The highest BCUT2D eigenvalue weighted by atomic mass is 35.5. The van der Waals surface area contributed by atoms with Gasteiger partial charge in [-0.2, -0.15) is 4.31 Å². The molecule has 2 rings (SSSR count). The van der Waals surface area contributed by atoms with Crippen LogP contribution in [0.5, 0.6) is 0 Å². The average Bonchev–Trinajstić information content (AvgIpc) is 2.46. The maximum atomic E-state index is 12.8. The summed E-state index contributed by atoms with van der Waals surface area (Å²) < 4.78 is 31.5. The molecule has 1 atom stereocenters. The summed E-state index contributed by atoms with van der Waals surface area (Å²) in [6, 6.07) is 4.17. The van der Waals surface area contributed by atoms with Crippen LogP contribution in [0.15, 0.2) is 23.1 Å². The molecule has 0 saturated carbocycles. The summed E-state index contributed by atoms with van der Waals surface area (Å²) in [7, 11) is -2.59. The Balaban J connectivity index is 2.48. The number of nitrogens with one attached hydrogen (secondary N) is 1. The molecule has 1 aromatic rings. The highest BCUT2D eigenvalue weighted by Crippen LogP contribution is 2.25. The van der Waals surface area contributed by atoms with Crippen LogP contribution in [0, 0.1) is 0 Å². The second-order valence-corrected chi connectivity index (χ2v) is 7.19. The third kappa shape index (κ3) is 3.37. The minimum Gasteiger partial charge on any atom is -0.465 e. The molecule has 0 amide bonds. The second-order valence-electron chi connectivity index (χ2n) is 4.85. The Kier molecular flexibility index (Phi) is 4.88. The summed E-state index contributed by atoms with van der Waals surface area (Å²) >= 11 is 5.89. The zero-order valence-electron chi connectivity index (χ0n) is 11.8. The van der Waals surface area contributed by atoms with E-state index in [2.05, 4.69) is 10.1 Å². The molecule has 0 aromatic heterocycles. The minimum atomic E-state index is -3.80. The van der Waals surface area contributed by atoms with Crippen LogP contribution in [0.4, 0.5) is 0 Å². The van der Waals surface area contributed by atoms with Gasteiger partial charge in [-0.3, -0.25) is 0 Å². The topological polar surface area (TPSA) is 75.7 Å². The number of nitrogens with zero attached hydrogens (tertiary/aromatic N) is 1. The highest BCUT2D eigenvalue weighted by molar-refractivity contribution is 7.89. The predicted octanol–water partition coefficient (Wildman–Crippen LogP) is 1.11. The SMILES string of the molecule is COC(=O)c1ccc(Cl)cc1S(=O)(=O)N1CCNC(C)C1. The number of sulfonamides is 1. The molecule has 0 aliphatic carbocycles. The molecule has 0 spiro atoms. The van der Waals surface area contributed by atoms with E-state index in [9.17, 15) is 13.2 Å². The van der Waals surface area contributed by atoms with Crippen molar-refractivity contribution in [3.63, 3.8) is 0 Å². The van der Waals surface area contributed by atoms with E-state index < -0.39 is 16.0 Å². The lowest BCUT2D eigenvalue weighted by atomic mass is 10.2. The number of piperazine rings is 1. The number of carbonyl (C=O) groups excluding carboxylic acids is 1. The number of rotatable bonds is 3. The quantitative estimate of drug-likeness (QED) is 0.839. The third-order valence-electron chi connectivity index (χ3n) is 3.30. The van der Waals surface area contributed by atoms with Gasteiger partial charge in [-0.15, -0.1) is 0 Å². The summed E-state index contributed by atoms with van der Waals surface area (Å²) in [5.74, 6) is -0.701. The third-order valence-corrected chi connectivity index (χ3v) is 5.44. The van der Waals surface area contributed by atoms with Crippen molar-refractivity contribution in [2.75, 3.05) is 26.7 Å². The van der Waals surface area contributed by atoms with Gasteiger partial charge >= 0.3 is 5.97 Å². The minimum absolute atomic E-state index is 0.00640. The van der Waals surface area contributed by atoms with Gasteiger partial charge in [0.15, 0.2) is 0 Å². The van der Waals surface area contributed by atoms with Crippen molar-refractivity contribution in [3.05, 3.63) is 28.8 Å². The normalized spacial score (nSPS) is 20.2. The van der Waals surface area contributed by atoms with Crippen LogP contribution >= 0.6 is 11.6 Å². The molecule has 1 fully saturated rings. The number of carbonyl (C=O) groups is 1. The maximum Gasteiger partial charge on any atom is 0.339 e. The number of esters is 1. The lowest BCUT2D eigenvalue weighted by molar-refractivity contribution is 0.0596. The van der Waals surface area contributed by atoms with E-state index in [-0.39, 0.29) is 21.5 Å². The van der Waals surface area contributed by atoms with Crippen molar-refractivity contribution in [2.24, 2.45) is 0 Å². The first-order chi connectivity index (χ1) is 9.86. The van der Waals surface area contributed by atoms with E-state index in [1.807, 2.05) is 6.92 Å². The van der Waals surface area contributed by atoms with Gasteiger partial charge in [0.25, 0.3) is 0 Å². The molecule has 21 heavy (non-hydrogen) atoms. The summed E-state index contributed by atoms with van der Waals surface area (Å²) in [6.45, 7) is 3.16. The first-order valence-electron chi connectivity index (χ1n) is 6.47. The molecule has 1 saturated heterocycles. The largest absolute Gasteiger partial charge is 0.465 e. The molecule has 1 aromatic carbocycles. The molecule has 1 unspecified atom stereocenters. The number of benzene rings is 1. The summed E-state index contributed by atoms with van der Waals surface area (Å²) in [4.78, 5) is 11.7. The van der Waals surface area contributed by atoms with E-state index in [4.69, 9.17) is 11.6 Å². The van der Waals surface area contributed by atoms with Crippen LogP contribution in [0.3, 0.4) is 0 Å². The van der Waals surface area contributed by atoms with Gasteiger partial charge in [-0.1, -0.05) is 11.6 Å². The zero-order chi connectivity index (χ0) is 15.6. The first kappa shape index (κ1) is 16.2. The van der Waals surface area contributed by atoms with Crippen molar-refractivity contribution in [3.8, 4) is 0 Å². The van der Waals surface area contributed by atoms with Crippen LogP contribution in [-0.2, 0) is 14.8 Å². The molecule has 6 nitrogen and oxygen atoms in total. The van der Waals surface area contributed by atoms with Crippen LogP contribution in [-0.4, -0.2) is 51.5 Å². The second kappa shape index (κ2) is 6.31. The fourth-order valence-corrected chi connectivity index (χ4v) is 4.21. The lowest BCUT2D eigenvalue weighted by Gasteiger charge is -2.31. The molecular formula is C13H17ClN2O4S. The van der Waals surface area contributed by atoms with Crippen LogP contribution in [0.1, 0.15) is 17.3 Å². The van der Waals surface area contributed by atoms with Crippen molar-refractivity contribution < 1.29 is 17.9 Å². The van der Waals surface area contributed by atoms with Gasteiger partial charge in [-0.05, 0) is 25.1 Å². The van der Waals surface area contributed by atoms with Gasteiger partial charge < -0.3 is 10.1 Å². The molecule has 0 bridgehead atoms. The summed E-state index contributed by atoms with van der Waals surface area (Å²) in [5, 5.41) is 3.43. The van der Waals surface area contributed by atoms with Gasteiger partial charge in [0.05, 0.1) is 17.6 Å². The van der Waals surface area contributed by atoms with Gasteiger partial charge in [0, 0.05) is 30.7 Å². The van der Waals surface area contributed by atoms with Crippen molar-refractivity contribution in [1.82, 2.24) is 9.62 Å². The first-order valence-corrected chi connectivity index (χ1v) is 8.29. The standard InChI is InChI=1S/C13H17ClN2O4S/c1-9-8-16(6-5-15-9)21(18,19)12-7-10(14)3-4-11(12)13(17)20-2/h3-4,7,9,15H,5-6,8H2,1-2H3. The Bertz CT molecular complexity index is 648. The summed E-state index contributed by atoms with van der Waals surface area (Å²) in [5.41, 5.74) is -0.00640. The maximum absolute atomic E-state index is 12.8. The van der Waals surface area contributed by atoms with Gasteiger partial charge in [0.1, 0.15) is 0 Å². The molecule has 0 radical (unpaired) electrons. The Labute approximate surface area is 129 Å². The lowest BCUT2D eigenvalue weighted by Crippen LogP contribution is -2.51. The van der Waals surface area contributed by atoms with Crippen molar-refractivity contribution in [1.29, 1.82) is 0 Å². The van der Waals surface area contributed by atoms with Crippen molar-refractivity contribution >= 4 is 27.6 Å². The van der Waals surface area contributed by atoms with E-state index in [0.29, 0.717) is 19.6 Å². The molecule has 8 heteroatoms. The Morgan fingerprint density at radius 1 is 1.48 bits per heavy atom. The number of hydrogen-bond acceptors (Lipinski definition) is 5. The fraction of sp³-hybridized carbons (Fsp3) is 0.462. The number of methoxy groups -OCH3 is 1. The number of halogens is 1. The molecule has 1 N–H and O–H groups in total. The smallest absolute Gasteiger partial charge is 0.339 e. The summed E-state index contributed by atoms with van der Waals surface area (Å²) in [6.07, 6.45) is 0. The molecule has 1 aliphatic heterocycles. The van der Waals surface area contributed by atoms with E-state index in [0.717, 1.165) is 0 Å². The van der Waals surface area contributed by atoms with E-state index in [1.54, 1.807) is 0 Å². The molecular weight excluding hydrogens is 316 g/mol. The van der Waals surface area contributed by atoms with Crippen LogP contribution in [0.2, 0.25) is 5.02 Å². The van der Waals surface area contributed by atoms with Crippen LogP contribution < -0.4 is 5.32 Å². The van der Waals surface area contributed by atoms with E-state index >= 15 is 0 Å².